The number of nitrogens with one attached hydrogen (secondary N) is 1. The Kier molecular flexibility index (Phi) is 6.10. The Labute approximate surface area is 138 Å². The van der Waals surface area contributed by atoms with E-state index in [0.717, 1.165) is 36.7 Å². The van der Waals surface area contributed by atoms with Gasteiger partial charge in [0.15, 0.2) is 0 Å². The lowest BCUT2D eigenvalue weighted by Crippen LogP contribution is -2.37. The lowest BCUT2D eigenvalue weighted by molar-refractivity contribution is 0.365. The van der Waals surface area contributed by atoms with Gasteiger partial charge in [-0.3, -0.25) is 4.98 Å². The molecule has 0 saturated carbocycles. The van der Waals surface area contributed by atoms with Gasteiger partial charge in [0.05, 0.1) is 4.90 Å². The van der Waals surface area contributed by atoms with E-state index in [0.29, 0.717) is 4.90 Å². The van der Waals surface area contributed by atoms with Gasteiger partial charge in [-0.25, -0.2) is 8.42 Å². The van der Waals surface area contributed by atoms with Crippen molar-refractivity contribution in [1.82, 2.24) is 14.6 Å². The summed E-state index contributed by atoms with van der Waals surface area (Å²) in [6.07, 6.45) is 5.27. The first-order chi connectivity index (χ1) is 11.0. The van der Waals surface area contributed by atoms with Crippen LogP contribution in [0, 0.1) is 0 Å². The zero-order chi connectivity index (χ0) is 16.9. The van der Waals surface area contributed by atoms with Crippen LogP contribution in [0.1, 0.15) is 26.7 Å². The summed E-state index contributed by atoms with van der Waals surface area (Å²) in [7, 11) is -1.84. The fourth-order valence-corrected chi connectivity index (χ4v) is 3.85. The topological polar surface area (TPSA) is 62.3 Å². The van der Waals surface area contributed by atoms with E-state index in [2.05, 4.69) is 17.2 Å². The first-order valence-electron chi connectivity index (χ1n) is 7.99. The largest absolute Gasteiger partial charge is 0.317 e. The van der Waals surface area contributed by atoms with E-state index in [9.17, 15) is 8.42 Å². The molecular weight excluding hydrogens is 310 g/mol. The second kappa shape index (κ2) is 7.86. The molecule has 0 saturated heterocycles. The van der Waals surface area contributed by atoms with Crippen molar-refractivity contribution in [3.63, 3.8) is 0 Å². The fourth-order valence-electron chi connectivity index (χ4n) is 2.42. The summed E-state index contributed by atoms with van der Waals surface area (Å²) in [4.78, 5) is 4.38. The van der Waals surface area contributed by atoms with E-state index in [1.54, 1.807) is 37.6 Å². The second-order valence-corrected chi connectivity index (χ2v) is 7.79. The van der Waals surface area contributed by atoms with Crippen molar-refractivity contribution in [3.8, 4) is 0 Å². The number of fused-ring (bicyclic) bond motifs is 1. The standard InChI is InChI=1S/C17H25N3O2S/c1-4-9-18-10-7-14(2)20(3)23(21,22)17-6-5-16-13-19-11-8-15(16)12-17/h5-6,8,11-14,18H,4,7,9-10H2,1-3H3/t14-/m1/s1. The van der Waals surface area contributed by atoms with Gasteiger partial charge in [0, 0.05) is 30.9 Å². The van der Waals surface area contributed by atoms with Gasteiger partial charge in [-0.15, -0.1) is 0 Å². The molecule has 2 rings (SSSR count). The maximum Gasteiger partial charge on any atom is 0.243 e. The highest BCUT2D eigenvalue weighted by atomic mass is 32.2. The Bertz CT molecular complexity index is 746. The van der Waals surface area contributed by atoms with E-state index in [1.807, 2.05) is 13.0 Å². The molecule has 0 fully saturated rings. The first kappa shape index (κ1) is 17.8. The van der Waals surface area contributed by atoms with Crippen LogP contribution in [-0.4, -0.2) is 43.9 Å². The highest BCUT2D eigenvalue weighted by molar-refractivity contribution is 7.89. The number of aromatic nitrogens is 1. The predicted octanol–water partition coefficient (Wildman–Crippen LogP) is 2.63. The maximum atomic E-state index is 12.8. The first-order valence-corrected chi connectivity index (χ1v) is 9.43. The van der Waals surface area contributed by atoms with Gasteiger partial charge in [0.2, 0.25) is 10.0 Å². The summed E-state index contributed by atoms with van der Waals surface area (Å²) in [6.45, 7) is 5.83. The van der Waals surface area contributed by atoms with Crippen LogP contribution < -0.4 is 5.32 Å². The van der Waals surface area contributed by atoms with E-state index in [1.165, 1.54) is 4.31 Å². The molecule has 1 N–H and O–H groups in total. The number of benzene rings is 1. The number of sulfonamides is 1. The van der Waals surface area contributed by atoms with Gasteiger partial charge >= 0.3 is 0 Å². The minimum absolute atomic E-state index is 0.0579. The molecule has 5 nitrogen and oxygen atoms in total. The number of hydrogen-bond acceptors (Lipinski definition) is 4. The summed E-state index contributed by atoms with van der Waals surface area (Å²) in [6, 6.07) is 6.93. The number of nitrogens with zero attached hydrogens (tertiary/aromatic N) is 2. The monoisotopic (exact) mass is 335 g/mol. The number of pyridine rings is 1. The molecule has 0 aliphatic carbocycles. The van der Waals surface area contributed by atoms with Gasteiger partial charge in [-0.2, -0.15) is 4.31 Å². The van der Waals surface area contributed by atoms with Gasteiger partial charge in [0.25, 0.3) is 0 Å². The third kappa shape index (κ3) is 4.28. The number of hydrogen-bond donors (Lipinski definition) is 1. The Morgan fingerprint density at radius 1 is 1.22 bits per heavy atom. The van der Waals surface area contributed by atoms with Crippen LogP contribution in [0.15, 0.2) is 41.6 Å². The van der Waals surface area contributed by atoms with Gasteiger partial charge in [0.1, 0.15) is 0 Å². The molecule has 1 aromatic carbocycles. The van der Waals surface area contributed by atoms with Crippen LogP contribution in [-0.2, 0) is 10.0 Å². The molecule has 23 heavy (non-hydrogen) atoms. The Morgan fingerprint density at radius 3 is 2.74 bits per heavy atom. The number of rotatable bonds is 8. The summed E-state index contributed by atoms with van der Waals surface area (Å²) in [5, 5.41) is 5.13. The summed E-state index contributed by atoms with van der Waals surface area (Å²) < 4.78 is 27.1. The Balaban J connectivity index is 2.14. The molecule has 1 atom stereocenters. The van der Waals surface area contributed by atoms with Crippen LogP contribution in [0.25, 0.3) is 10.8 Å². The minimum atomic E-state index is -3.49. The van der Waals surface area contributed by atoms with Crippen molar-refractivity contribution in [3.05, 3.63) is 36.7 Å². The van der Waals surface area contributed by atoms with E-state index >= 15 is 0 Å². The lowest BCUT2D eigenvalue weighted by Gasteiger charge is -2.24. The van der Waals surface area contributed by atoms with Crippen LogP contribution >= 0.6 is 0 Å². The van der Waals surface area contributed by atoms with Crippen molar-refractivity contribution >= 4 is 20.8 Å². The zero-order valence-electron chi connectivity index (χ0n) is 14.0. The molecule has 6 heteroatoms. The predicted molar refractivity (Wildman–Crippen MR) is 93.9 cm³/mol. The second-order valence-electron chi connectivity index (χ2n) is 5.79. The fraction of sp³-hybridized carbons (Fsp3) is 0.471. The maximum absolute atomic E-state index is 12.8. The Morgan fingerprint density at radius 2 is 2.00 bits per heavy atom. The van der Waals surface area contributed by atoms with Gasteiger partial charge in [-0.1, -0.05) is 13.0 Å². The quantitative estimate of drug-likeness (QED) is 0.753. The highest BCUT2D eigenvalue weighted by Gasteiger charge is 2.25. The molecule has 2 aromatic rings. The lowest BCUT2D eigenvalue weighted by atomic mass is 10.2. The molecule has 0 aliphatic heterocycles. The molecule has 1 heterocycles. The summed E-state index contributed by atoms with van der Waals surface area (Å²) >= 11 is 0. The molecule has 126 valence electrons. The molecule has 0 aliphatic rings. The van der Waals surface area contributed by atoms with Crippen LogP contribution in [0.5, 0.6) is 0 Å². The SMILES string of the molecule is CCCNCC[C@@H](C)N(C)S(=O)(=O)c1ccc2cnccc2c1. The molecular formula is C17H25N3O2S. The van der Waals surface area contributed by atoms with E-state index < -0.39 is 10.0 Å². The molecule has 1 aromatic heterocycles. The van der Waals surface area contributed by atoms with Crippen molar-refractivity contribution in [2.45, 2.75) is 37.6 Å². The summed E-state index contributed by atoms with van der Waals surface area (Å²) in [5.74, 6) is 0. The van der Waals surface area contributed by atoms with Gasteiger partial charge in [-0.05, 0) is 56.4 Å². The van der Waals surface area contributed by atoms with Crippen molar-refractivity contribution in [1.29, 1.82) is 0 Å². The van der Waals surface area contributed by atoms with E-state index in [4.69, 9.17) is 0 Å². The molecule has 0 radical (unpaired) electrons. The third-order valence-corrected chi connectivity index (χ3v) is 6.04. The highest BCUT2D eigenvalue weighted by Crippen LogP contribution is 2.22. The van der Waals surface area contributed by atoms with Gasteiger partial charge < -0.3 is 5.32 Å². The van der Waals surface area contributed by atoms with Crippen molar-refractivity contribution in [2.24, 2.45) is 0 Å². The minimum Gasteiger partial charge on any atom is -0.317 e. The summed E-state index contributed by atoms with van der Waals surface area (Å²) in [5.41, 5.74) is 0. The Hall–Kier alpha value is -1.50. The zero-order valence-corrected chi connectivity index (χ0v) is 14.8. The average Bonchev–Trinajstić information content (AvgIpc) is 2.57. The molecule has 0 spiro atoms. The van der Waals surface area contributed by atoms with E-state index in [-0.39, 0.29) is 6.04 Å². The smallest absolute Gasteiger partial charge is 0.243 e. The van der Waals surface area contributed by atoms with Crippen LogP contribution in [0.3, 0.4) is 0 Å². The van der Waals surface area contributed by atoms with Crippen molar-refractivity contribution in [2.75, 3.05) is 20.1 Å². The average molecular weight is 335 g/mol. The third-order valence-electron chi connectivity index (χ3n) is 4.08. The molecule has 0 amide bonds. The van der Waals surface area contributed by atoms with Crippen LogP contribution in [0.4, 0.5) is 0 Å². The molecule has 0 bridgehead atoms. The molecule has 0 unspecified atom stereocenters. The van der Waals surface area contributed by atoms with Crippen LogP contribution in [0.2, 0.25) is 0 Å². The normalized spacial score (nSPS) is 13.6. The van der Waals surface area contributed by atoms with Crippen molar-refractivity contribution < 1.29 is 8.42 Å².